The summed E-state index contributed by atoms with van der Waals surface area (Å²) in [4.78, 5) is 11.7. The number of rotatable bonds is 6. The third-order valence-corrected chi connectivity index (χ3v) is 4.09. The number of amides is 1. The zero-order chi connectivity index (χ0) is 12.0. The molecule has 1 fully saturated rings. The molecule has 1 rings (SSSR count). The molecule has 0 aromatic rings. The third kappa shape index (κ3) is 4.72. The molecule has 0 aliphatic carbocycles. The predicted octanol–water partition coefficient (Wildman–Crippen LogP) is 0.786. The summed E-state index contributed by atoms with van der Waals surface area (Å²) in [6.45, 7) is 2.52. The van der Waals surface area contributed by atoms with Crippen LogP contribution in [0.15, 0.2) is 0 Å². The molecule has 4 nitrogen and oxygen atoms in total. The van der Waals surface area contributed by atoms with Crippen molar-refractivity contribution in [2.75, 3.05) is 26.0 Å². The molecule has 0 radical (unpaired) electrons. The zero-order valence-electron chi connectivity index (χ0n) is 9.99. The highest BCUT2D eigenvalue weighted by Gasteiger charge is 2.26. The quantitative estimate of drug-likeness (QED) is 0.728. The van der Waals surface area contributed by atoms with Gasteiger partial charge in [-0.05, 0) is 25.5 Å². The molecule has 0 spiro atoms. The molecule has 1 aliphatic heterocycles. The van der Waals surface area contributed by atoms with E-state index in [9.17, 15) is 9.90 Å². The van der Waals surface area contributed by atoms with Gasteiger partial charge in [-0.15, -0.1) is 11.8 Å². The highest BCUT2D eigenvalue weighted by Crippen LogP contribution is 2.26. The van der Waals surface area contributed by atoms with Gasteiger partial charge in [0, 0.05) is 26.7 Å². The fraction of sp³-hybridized carbons (Fsp3) is 0.909. The molecule has 0 bridgehead atoms. The van der Waals surface area contributed by atoms with Crippen LogP contribution < -0.4 is 5.32 Å². The van der Waals surface area contributed by atoms with Crippen LogP contribution in [0.1, 0.15) is 26.2 Å². The van der Waals surface area contributed by atoms with Crippen molar-refractivity contribution in [1.82, 2.24) is 5.32 Å². The monoisotopic (exact) mass is 247 g/mol. The number of methoxy groups -OCH3 is 1. The lowest BCUT2D eigenvalue weighted by Crippen LogP contribution is -2.43. The maximum Gasteiger partial charge on any atom is 0.233 e. The second-order valence-electron chi connectivity index (χ2n) is 4.46. The lowest BCUT2D eigenvalue weighted by atomic mass is 10.0. The van der Waals surface area contributed by atoms with Gasteiger partial charge in [-0.25, -0.2) is 0 Å². The Hall–Kier alpha value is -0.260. The summed E-state index contributed by atoms with van der Waals surface area (Å²) in [6, 6.07) is 0. The minimum absolute atomic E-state index is 0.0557. The molecule has 5 heteroatoms. The number of thioether (sulfide) groups is 1. The van der Waals surface area contributed by atoms with Gasteiger partial charge < -0.3 is 15.2 Å². The Morgan fingerprint density at radius 1 is 1.69 bits per heavy atom. The van der Waals surface area contributed by atoms with E-state index in [2.05, 4.69) is 5.32 Å². The maximum absolute atomic E-state index is 11.7. The molecule has 0 aromatic heterocycles. The van der Waals surface area contributed by atoms with Gasteiger partial charge in [-0.1, -0.05) is 0 Å². The molecule has 2 atom stereocenters. The number of carbonyl (C=O) groups excluding carboxylic acids is 1. The molecular formula is C11H21NO3S. The minimum atomic E-state index is -0.880. The first-order chi connectivity index (χ1) is 7.55. The lowest BCUT2D eigenvalue weighted by Gasteiger charge is -2.24. The fourth-order valence-corrected chi connectivity index (χ4v) is 2.77. The lowest BCUT2D eigenvalue weighted by molar-refractivity contribution is -0.121. The van der Waals surface area contributed by atoms with Crippen LogP contribution in [0, 0.1) is 0 Å². The second kappa shape index (κ2) is 6.47. The van der Waals surface area contributed by atoms with Crippen molar-refractivity contribution in [1.29, 1.82) is 0 Å². The normalized spacial score (nSPS) is 24.1. The average molecular weight is 247 g/mol. The van der Waals surface area contributed by atoms with Gasteiger partial charge in [-0.3, -0.25) is 4.79 Å². The van der Waals surface area contributed by atoms with E-state index < -0.39 is 5.60 Å². The third-order valence-electron chi connectivity index (χ3n) is 2.71. The topological polar surface area (TPSA) is 58.6 Å². The largest absolute Gasteiger partial charge is 0.388 e. The highest BCUT2D eigenvalue weighted by molar-refractivity contribution is 8.00. The number of nitrogens with one attached hydrogen (secondary N) is 1. The van der Waals surface area contributed by atoms with E-state index in [1.807, 2.05) is 0 Å². The van der Waals surface area contributed by atoms with Crippen molar-refractivity contribution in [3.05, 3.63) is 0 Å². The summed E-state index contributed by atoms with van der Waals surface area (Å²) in [6.07, 6.45) is 2.60. The second-order valence-corrected chi connectivity index (χ2v) is 5.77. The van der Waals surface area contributed by atoms with Crippen molar-refractivity contribution in [2.24, 2.45) is 0 Å². The van der Waals surface area contributed by atoms with Crippen LogP contribution in [-0.4, -0.2) is 47.9 Å². The first kappa shape index (κ1) is 13.8. The van der Waals surface area contributed by atoms with Gasteiger partial charge in [-0.2, -0.15) is 0 Å². The van der Waals surface area contributed by atoms with E-state index >= 15 is 0 Å². The summed E-state index contributed by atoms with van der Waals surface area (Å²) >= 11 is 1.70. The molecule has 1 aliphatic rings. The Balaban J connectivity index is 2.24. The molecule has 0 saturated carbocycles. The molecule has 1 heterocycles. The summed E-state index contributed by atoms with van der Waals surface area (Å²) in [5, 5.41) is 12.8. The zero-order valence-corrected chi connectivity index (χ0v) is 10.8. The van der Waals surface area contributed by atoms with E-state index in [1.54, 1.807) is 25.8 Å². The van der Waals surface area contributed by atoms with Crippen molar-refractivity contribution in [3.63, 3.8) is 0 Å². The number of ether oxygens (including phenoxy) is 1. The van der Waals surface area contributed by atoms with Crippen LogP contribution in [0.2, 0.25) is 0 Å². The van der Waals surface area contributed by atoms with Gasteiger partial charge in [0.15, 0.2) is 0 Å². The summed E-state index contributed by atoms with van der Waals surface area (Å²) in [5.41, 5.74) is -0.880. The Bertz CT molecular complexity index is 227. The molecule has 16 heavy (non-hydrogen) atoms. The Kier molecular flexibility index (Phi) is 5.58. The molecule has 2 unspecified atom stereocenters. The molecule has 1 saturated heterocycles. The van der Waals surface area contributed by atoms with E-state index in [4.69, 9.17) is 4.74 Å². The predicted molar refractivity (Wildman–Crippen MR) is 65.6 cm³/mol. The first-order valence-electron chi connectivity index (χ1n) is 5.66. The van der Waals surface area contributed by atoms with Crippen LogP contribution in [0.5, 0.6) is 0 Å². The molecular weight excluding hydrogens is 226 g/mol. The number of aliphatic hydroxyl groups is 1. The first-order valence-corrected chi connectivity index (χ1v) is 6.71. The van der Waals surface area contributed by atoms with Crippen LogP contribution in [0.25, 0.3) is 0 Å². The Morgan fingerprint density at radius 3 is 3.00 bits per heavy atom. The van der Waals surface area contributed by atoms with Crippen molar-refractivity contribution < 1.29 is 14.6 Å². The van der Waals surface area contributed by atoms with Gasteiger partial charge in [0.05, 0.1) is 10.9 Å². The van der Waals surface area contributed by atoms with Crippen LogP contribution in [0.3, 0.4) is 0 Å². The summed E-state index contributed by atoms with van der Waals surface area (Å²) in [5.74, 6) is 1.12. The van der Waals surface area contributed by atoms with Crippen LogP contribution >= 0.6 is 11.8 Å². The molecule has 1 amide bonds. The minimum Gasteiger partial charge on any atom is -0.388 e. The highest BCUT2D eigenvalue weighted by atomic mass is 32.2. The van der Waals surface area contributed by atoms with E-state index in [0.29, 0.717) is 19.6 Å². The molecule has 2 N–H and O–H groups in total. The van der Waals surface area contributed by atoms with Crippen LogP contribution in [-0.2, 0) is 9.53 Å². The Morgan fingerprint density at radius 2 is 2.44 bits per heavy atom. The van der Waals surface area contributed by atoms with Crippen molar-refractivity contribution in [3.8, 4) is 0 Å². The smallest absolute Gasteiger partial charge is 0.233 e. The van der Waals surface area contributed by atoms with E-state index in [-0.39, 0.29) is 11.2 Å². The summed E-state index contributed by atoms with van der Waals surface area (Å²) in [7, 11) is 1.60. The van der Waals surface area contributed by atoms with Crippen LogP contribution in [0.4, 0.5) is 0 Å². The van der Waals surface area contributed by atoms with Crippen molar-refractivity contribution in [2.45, 2.75) is 37.0 Å². The van der Waals surface area contributed by atoms with Gasteiger partial charge in [0.2, 0.25) is 5.91 Å². The Labute approximate surface area is 101 Å². The fourth-order valence-electron chi connectivity index (χ4n) is 1.59. The number of hydrogen-bond donors (Lipinski definition) is 2. The number of carbonyl (C=O) groups is 1. The SMILES string of the molecule is COCCC(C)(O)CNC(=O)C1CCCS1. The standard InChI is InChI=1S/C11H21NO3S/c1-11(14,5-6-15-2)8-12-10(13)9-4-3-7-16-9/h9,14H,3-8H2,1-2H3,(H,12,13). The summed E-state index contributed by atoms with van der Waals surface area (Å²) < 4.78 is 4.91. The average Bonchev–Trinajstić information content (AvgIpc) is 2.77. The van der Waals surface area contributed by atoms with Gasteiger partial charge >= 0.3 is 0 Å². The van der Waals surface area contributed by atoms with E-state index in [1.165, 1.54) is 0 Å². The molecule has 94 valence electrons. The van der Waals surface area contributed by atoms with Gasteiger partial charge in [0.1, 0.15) is 0 Å². The molecule has 0 aromatic carbocycles. The van der Waals surface area contributed by atoms with E-state index in [0.717, 1.165) is 18.6 Å². The van der Waals surface area contributed by atoms with Crippen molar-refractivity contribution >= 4 is 17.7 Å². The van der Waals surface area contributed by atoms with Gasteiger partial charge in [0.25, 0.3) is 0 Å². The number of hydrogen-bond acceptors (Lipinski definition) is 4. The maximum atomic E-state index is 11.7.